The molecule has 3 aromatic rings. The maximum atomic E-state index is 12.1. The van der Waals surface area contributed by atoms with E-state index in [0.29, 0.717) is 17.3 Å². The zero-order valence-electron chi connectivity index (χ0n) is 13.2. The van der Waals surface area contributed by atoms with Gasteiger partial charge in [0.2, 0.25) is 5.95 Å². The molecule has 2 heterocycles. The standard InChI is InChI=1S/C17H14BrN3O4/c1-23-14-8-19-17(20-9-14)21-16(22)15-7-6-13(25-15)10-24-12-4-2-11(18)3-5-12/h2-9H,10H2,1H3,(H,19,20,21,22). The van der Waals surface area contributed by atoms with Crippen LogP contribution in [-0.2, 0) is 6.61 Å². The van der Waals surface area contributed by atoms with E-state index in [9.17, 15) is 4.79 Å². The lowest BCUT2D eigenvalue weighted by atomic mass is 10.3. The van der Waals surface area contributed by atoms with E-state index in [1.165, 1.54) is 19.5 Å². The van der Waals surface area contributed by atoms with Crippen LogP contribution in [0.15, 0.2) is 57.7 Å². The number of benzene rings is 1. The predicted octanol–water partition coefficient (Wildman–Crippen LogP) is 3.67. The van der Waals surface area contributed by atoms with E-state index in [2.05, 4.69) is 31.2 Å². The van der Waals surface area contributed by atoms with Crippen molar-refractivity contribution in [1.82, 2.24) is 9.97 Å². The van der Waals surface area contributed by atoms with Gasteiger partial charge in [-0.05, 0) is 36.4 Å². The molecule has 0 aliphatic rings. The summed E-state index contributed by atoms with van der Waals surface area (Å²) in [6, 6.07) is 10.7. The third-order valence-corrected chi connectivity index (χ3v) is 3.70. The van der Waals surface area contributed by atoms with Crippen molar-refractivity contribution in [2.24, 2.45) is 0 Å². The minimum Gasteiger partial charge on any atom is -0.494 e. The molecular formula is C17H14BrN3O4. The second kappa shape index (κ2) is 7.80. The lowest BCUT2D eigenvalue weighted by Crippen LogP contribution is -2.13. The zero-order valence-corrected chi connectivity index (χ0v) is 14.8. The first-order valence-corrected chi connectivity index (χ1v) is 8.08. The number of methoxy groups -OCH3 is 1. The maximum Gasteiger partial charge on any atom is 0.293 e. The molecule has 0 aliphatic carbocycles. The van der Waals surface area contributed by atoms with E-state index in [1.807, 2.05) is 24.3 Å². The molecule has 1 aromatic carbocycles. The average molecular weight is 404 g/mol. The van der Waals surface area contributed by atoms with Gasteiger partial charge in [0, 0.05) is 4.47 Å². The highest BCUT2D eigenvalue weighted by Crippen LogP contribution is 2.18. The molecule has 128 valence electrons. The fourth-order valence-corrected chi connectivity index (χ4v) is 2.18. The molecule has 0 radical (unpaired) electrons. The number of amides is 1. The van der Waals surface area contributed by atoms with Gasteiger partial charge in [0.25, 0.3) is 5.91 Å². The number of nitrogens with one attached hydrogen (secondary N) is 1. The number of carbonyl (C=O) groups is 1. The van der Waals surface area contributed by atoms with Gasteiger partial charge in [-0.3, -0.25) is 10.1 Å². The third kappa shape index (κ3) is 4.57. The Bertz CT molecular complexity index is 847. The number of halogens is 1. The Morgan fingerprint density at radius 3 is 2.52 bits per heavy atom. The van der Waals surface area contributed by atoms with Crippen molar-refractivity contribution in [2.45, 2.75) is 6.61 Å². The molecule has 0 fully saturated rings. The molecule has 7 nitrogen and oxygen atoms in total. The average Bonchev–Trinajstić information content (AvgIpc) is 3.11. The number of nitrogens with zero attached hydrogens (tertiary/aromatic N) is 2. The summed E-state index contributed by atoms with van der Waals surface area (Å²) in [6.07, 6.45) is 2.92. The number of hydrogen-bond acceptors (Lipinski definition) is 6. The second-order valence-corrected chi connectivity index (χ2v) is 5.82. The van der Waals surface area contributed by atoms with Crippen LogP contribution in [0.3, 0.4) is 0 Å². The molecule has 0 unspecified atom stereocenters. The Balaban J connectivity index is 1.58. The molecule has 0 bridgehead atoms. The van der Waals surface area contributed by atoms with Gasteiger partial charge in [-0.1, -0.05) is 15.9 Å². The largest absolute Gasteiger partial charge is 0.494 e. The summed E-state index contributed by atoms with van der Waals surface area (Å²) in [7, 11) is 1.51. The molecule has 0 saturated heterocycles. The Kier molecular flexibility index (Phi) is 5.30. The predicted molar refractivity (Wildman–Crippen MR) is 93.7 cm³/mol. The van der Waals surface area contributed by atoms with Gasteiger partial charge in [-0.15, -0.1) is 0 Å². The number of rotatable bonds is 6. The van der Waals surface area contributed by atoms with Crippen molar-refractivity contribution in [3.05, 3.63) is 64.8 Å². The third-order valence-electron chi connectivity index (χ3n) is 3.17. The van der Waals surface area contributed by atoms with Crippen LogP contribution in [0.4, 0.5) is 5.95 Å². The quantitative estimate of drug-likeness (QED) is 0.675. The van der Waals surface area contributed by atoms with E-state index in [-0.39, 0.29) is 18.3 Å². The molecule has 2 aromatic heterocycles. The number of ether oxygens (including phenoxy) is 2. The van der Waals surface area contributed by atoms with Crippen molar-refractivity contribution in [3.8, 4) is 11.5 Å². The first-order chi connectivity index (χ1) is 12.1. The van der Waals surface area contributed by atoms with E-state index in [4.69, 9.17) is 13.9 Å². The number of hydrogen-bond donors (Lipinski definition) is 1. The second-order valence-electron chi connectivity index (χ2n) is 4.91. The highest BCUT2D eigenvalue weighted by molar-refractivity contribution is 9.10. The molecule has 25 heavy (non-hydrogen) atoms. The first-order valence-electron chi connectivity index (χ1n) is 7.28. The number of furan rings is 1. The van der Waals surface area contributed by atoms with Gasteiger partial charge in [0.1, 0.15) is 18.1 Å². The van der Waals surface area contributed by atoms with Gasteiger partial charge in [0.05, 0.1) is 19.5 Å². The molecule has 0 spiro atoms. The summed E-state index contributed by atoms with van der Waals surface area (Å²) in [5.41, 5.74) is 0. The van der Waals surface area contributed by atoms with Crippen LogP contribution in [0.5, 0.6) is 11.5 Å². The van der Waals surface area contributed by atoms with E-state index < -0.39 is 5.91 Å². The fraction of sp³-hybridized carbons (Fsp3) is 0.118. The Hall–Kier alpha value is -2.87. The Morgan fingerprint density at radius 2 is 1.84 bits per heavy atom. The minimum absolute atomic E-state index is 0.147. The van der Waals surface area contributed by atoms with E-state index in [0.717, 1.165) is 4.47 Å². The monoisotopic (exact) mass is 403 g/mol. The van der Waals surface area contributed by atoms with Crippen molar-refractivity contribution < 1.29 is 18.7 Å². The van der Waals surface area contributed by atoms with Crippen LogP contribution < -0.4 is 14.8 Å². The summed E-state index contributed by atoms with van der Waals surface area (Å²) < 4.78 is 17.0. The normalized spacial score (nSPS) is 10.3. The first kappa shape index (κ1) is 17.0. The van der Waals surface area contributed by atoms with Crippen LogP contribution in [0, 0.1) is 0 Å². The maximum absolute atomic E-state index is 12.1. The molecule has 1 amide bonds. The Morgan fingerprint density at radius 1 is 1.12 bits per heavy atom. The highest BCUT2D eigenvalue weighted by Gasteiger charge is 2.13. The summed E-state index contributed by atoms with van der Waals surface area (Å²) in [6.45, 7) is 0.216. The van der Waals surface area contributed by atoms with Crippen molar-refractivity contribution in [2.75, 3.05) is 12.4 Å². The summed E-state index contributed by atoms with van der Waals surface area (Å²) in [5, 5.41) is 2.55. The van der Waals surface area contributed by atoms with Crippen LogP contribution in [0.2, 0.25) is 0 Å². The minimum atomic E-state index is -0.444. The molecule has 0 aliphatic heterocycles. The number of carbonyl (C=O) groups excluding carboxylic acids is 1. The van der Waals surface area contributed by atoms with E-state index >= 15 is 0 Å². The molecule has 8 heteroatoms. The van der Waals surface area contributed by atoms with Crippen LogP contribution in [0.1, 0.15) is 16.3 Å². The smallest absolute Gasteiger partial charge is 0.293 e. The molecule has 0 saturated carbocycles. The van der Waals surface area contributed by atoms with Crippen molar-refractivity contribution in [1.29, 1.82) is 0 Å². The fourth-order valence-electron chi connectivity index (χ4n) is 1.91. The van der Waals surface area contributed by atoms with Gasteiger partial charge in [-0.2, -0.15) is 0 Å². The number of anilines is 1. The Labute approximate surface area is 152 Å². The molecule has 3 rings (SSSR count). The molecular weight excluding hydrogens is 390 g/mol. The molecule has 0 atom stereocenters. The summed E-state index contributed by atoms with van der Waals surface area (Å²) in [4.78, 5) is 20.1. The zero-order chi connectivity index (χ0) is 17.6. The summed E-state index contributed by atoms with van der Waals surface area (Å²) >= 11 is 3.36. The highest BCUT2D eigenvalue weighted by atomic mass is 79.9. The van der Waals surface area contributed by atoms with Crippen LogP contribution >= 0.6 is 15.9 Å². The topological polar surface area (TPSA) is 86.5 Å². The van der Waals surface area contributed by atoms with Crippen molar-refractivity contribution >= 4 is 27.8 Å². The molecule has 1 N–H and O–H groups in total. The van der Waals surface area contributed by atoms with Gasteiger partial charge in [-0.25, -0.2) is 9.97 Å². The van der Waals surface area contributed by atoms with Crippen molar-refractivity contribution in [3.63, 3.8) is 0 Å². The SMILES string of the molecule is COc1cnc(NC(=O)c2ccc(COc3ccc(Br)cc3)o2)nc1. The number of aromatic nitrogens is 2. The lowest BCUT2D eigenvalue weighted by Gasteiger charge is -2.04. The van der Waals surface area contributed by atoms with Gasteiger partial charge in [0.15, 0.2) is 11.5 Å². The van der Waals surface area contributed by atoms with E-state index in [1.54, 1.807) is 12.1 Å². The summed E-state index contributed by atoms with van der Waals surface area (Å²) in [5.74, 6) is 1.60. The van der Waals surface area contributed by atoms with Crippen LogP contribution in [0.25, 0.3) is 0 Å². The van der Waals surface area contributed by atoms with Gasteiger partial charge < -0.3 is 13.9 Å². The van der Waals surface area contributed by atoms with Crippen LogP contribution in [-0.4, -0.2) is 23.0 Å². The lowest BCUT2D eigenvalue weighted by molar-refractivity contribution is 0.0991. The van der Waals surface area contributed by atoms with Gasteiger partial charge >= 0.3 is 0 Å².